The van der Waals surface area contributed by atoms with Gasteiger partial charge in [0.15, 0.2) is 0 Å². The van der Waals surface area contributed by atoms with Gasteiger partial charge in [0.2, 0.25) is 0 Å². The highest BCUT2D eigenvalue weighted by Gasteiger charge is 2.33. The summed E-state index contributed by atoms with van der Waals surface area (Å²) in [5.41, 5.74) is 1.04. The molecule has 0 unspecified atom stereocenters. The molecule has 3 rings (SSSR count). The number of aryl methyl sites for hydroxylation is 1. The van der Waals surface area contributed by atoms with Crippen LogP contribution in [0.4, 0.5) is 11.4 Å². The average Bonchev–Trinajstić information content (AvgIpc) is 2.64. The van der Waals surface area contributed by atoms with Crippen molar-refractivity contribution < 1.29 is 18.1 Å². The topological polar surface area (TPSA) is 89.8 Å². The molecule has 0 fully saturated rings. The van der Waals surface area contributed by atoms with E-state index in [1.807, 2.05) is 19.1 Å². The predicted octanol–water partition coefficient (Wildman–Crippen LogP) is 2.49. The first-order valence-corrected chi connectivity index (χ1v) is 8.35. The van der Waals surface area contributed by atoms with Crippen LogP contribution < -0.4 is 9.04 Å². The second-order valence-electron chi connectivity index (χ2n) is 5.10. The van der Waals surface area contributed by atoms with Gasteiger partial charge in [-0.25, -0.2) is 8.42 Å². The van der Waals surface area contributed by atoms with Crippen LogP contribution >= 0.6 is 0 Å². The first-order valence-electron chi connectivity index (χ1n) is 6.91. The van der Waals surface area contributed by atoms with Crippen molar-refractivity contribution in [2.45, 2.75) is 11.8 Å². The second kappa shape index (κ2) is 5.54. The maximum Gasteiger partial charge on any atom is 0.271 e. The SMILES string of the molecule is Cc1ccccc1N1CCOc2ccc([N+](=O)[O-])cc2S1(=O)=O. The van der Waals surface area contributed by atoms with E-state index in [0.717, 1.165) is 11.6 Å². The van der Waals surface area contributed by atoms with Gasteiger partial charge in [-0.05, 0) is 24.6 Å². The molecule has 0 aromatic heterocycles. The molecule has 23 heavy (non-hydrogen) atoms. The number of benzene rings is 2. The highest BCUT2D eigenvalue weighted by molar-refractivity contribution is 7.93. The zero-order valence-electron chi connectivity index (χ0n) is 12.3. The summed E-state index contributed by atoms with van der Waals surface area (Å²) in [5, 5.41) is 10.9. The van der Waals surface area contributed by atoms with Crippen molar-refractivity contribution in [3.05, 3.63) is 58.1 Å². The van der Waals surface area contributed by atoms with E-state index in [1.54, 1.807) is 12.1 Å². The Kier molecular flexibility index (Phi) is 3.69. The van der Waals surface area contributed by atoms with Crippen LogP contribution in [0, 0.1) is 17.0 Å². The fourth-order valence-electron chi connectivity index (χ4n) is 2.50. The third kappa shape index (κ3) is 2.61. The maximum absolute atomic E-state index is 13.0. The lowest BCUT2D eigenvalue weighted by atomic mass is 10.2. The minimum atomic E-state index is -3.95. The molecule has 0 bridgehead atoms. The molecule has 0 N–H and O–H groups in total. The standard InChI is InChI=1S/C15H14N2O5S/c1-11-4-2-3-5-13(11)16-8-9-22-14-7-6-12(17(18)19)10-15(14)23(16,20)21/h2-7,10H,8-9H2,1H3. The van der Waals surface area contributed by atoms with Crippen molar-refractivity contribution >= 4 is 21.4 Å². The number of anilines is 1. The van der Waals surface area contributed by atoms with Gasteiger partial charge in [0, 0.05) is 12.1 Å². The molecule has 0 spiro atoms. The van der Waals surface area contributed by atoms with Crippen LogP contribution in [0.5, 0.6) is 5.75 Å². The van der Waals surface area contributed by atoms with Crippen molar-refractivity contribution in [3.8, 4) is 5.75 Å². The average molecular weight is 334 g/mol. The van der Waals surface area contributed by atoms with E-state index in [4.69, 9.17) is 4.74 Å². The Morgan fingerprint density at radius 2 is 1.96 bits per heavy atom. The predicted molar refractivity (Wildman–Crippen MR) is 84.3 cm³/mol. The lowest BCUT2D eigenvalue weighted by Gasteiger charge is -2.23. The Balaban J connectivity index is 2.19. The number of fused-ring (bicyclic) bond motifs is 1. The van der Waals surface area contributed by atoms with Crippen molar-refractivity contribution in [3.63, 3.8) is 0 Å². The van der Waals surface area contributed by atoms with E-state index in [1.165, 1.54) is 16.4 Å². The third-order valence-corrected chi connectivity index (χ3v) is 5.48. The molecule has 120 valence electrons. The van der Waals surface area contributed by atoms with Crippen molar-refractivity contribution in [2.75, 3.05) is 17.5 Å². The summed E-state index contributed by atoms with van der Waals surface area (Å²) in [6.45, 7) is 2.11. The van der Waals surface area contributed by atoms with E-state index >= 15 is 0 Å². The van der Waals surface area contributed by atoms with Gasteiger partial charge in [0.25, 0.3) is 15.7 Å². The van der Waals surface area contributed by atoms with Crippen LogP contribution in [0.15, 0.2) is 47.4 Å². The molecule has 8 heteroatoms. The van der Waals surface area contributed by atoms with Crippen molar-refractivity contribution in [1.82, 2.24) is 0 Å². The van der Waals surface area contributed by atoms with Gasteiger partial charge in [-0.3, -0.25) is 14.4 Å². The lowest BCUT2D eigenvalue weighted by molar-refractivity contribution is -0.385. The molecule has 1 aliphatic rings. The molecule has 0 amide bonds. The molecule has 0 atom stereocenters. The number of non-ortho nitro benzene ring substituents is 1. The second-order valence-corrected chi connectivity index (χ2v) is 6.93. The molecule has 0 aliphatic carbocycles. The van der Waals surface area contributed by atoms with Gasteiger partial charge in [-0.15, -0.1) is 0 Å². The quantitative estimate of drug-likeness (QED) is 0.622. The molecule has 0 saturated heterocycles. The van der Waals surface area contributed by atoms with E-state index in [9.17, 15) is 18.5 Å². The minimum absolute atomic E-state index is 0.131. The van der Waals surface area contributed by atoms with Crippen LogP contribution in [0.1, 0.15) is 5.56 Å². The fraction of sp³-hybridized carbons (Fsp3) is 0.200. The third-order valence-electron chi connectivity index (χ3n) is 3.64. The molecule has 1 aliphatic heterocycles. The van der Waals surface area contributed by atoms with E-state index in [0.29, 0.717) is 5.69 Å². The number of nitro benzene ring substituents is 1. The number of hydrogen-bond donors (Lipinski definition) is 0. The molecular formula is C15H14N2O5S. The number of nitro groups is 1. The molecular weight excluding hydrogens is 320 g/mol. The summed E-state index contributed by atoms with van der Waals surface area (Å²) in [5.74, 6) is 0.131. The first kappa shape index (κ1) is 15.3. The monoisotopic (exact) mass is 334 g/mol. The smallest absolute Gasteiger partial charge is 0.271 e. The number of sulfonamides is 1. The zero-order valence-corrected chi connectivity index (χ0v) is 13.1. The summed E-state index contributed by atoms with van der Waals surface area (Å²) < 4.78 is 32.7. The fourth-order valence-corrected chi connectivity index (χ4v) is 4.17. The zero-order chi connectivity index (χ0) is 16.6. The van der Waals surface area contributed by atoms with Gasteiger partial charge >= 0.3 is 0 Å². The van der Waals surface area contributed by atoms with Gasteiger partial charge in [0.1, 0.15) is 17.3 Å². The van der Waals surface area contributed by atoms with Gasteiger partial charge in [-0.2, -0.15) is 0 Å². The summed E-state index contributed by atoms with van der Waals surface area (Å²) in [4.78, 5) is 10.1. The molecule has 0 saturated carbocycles. The van der Waals surface area contributed by atoms with E-state index in [2.05, 4.69) is 0 Å². The molecule has 0 radical (unpaired) electrons. The molecule has 1 heterocycles. The Bertz CT molecular complexity index is 879. The van der Waals surface area contributed by atoms with Crippen molar-refractivity contribution in [1.29, 1.82) is 0 Å². The molecule has 2 aromatic carbocycles. The normalized spacial score (nSPS) is 16.1. The Morgan fingerprint density at radius 3 is 2.65 bits per heavy atom. The van der Waals surface area contributed by atoms with E-state index in [-0.39, 0.29) is 29.5 Å². The highest BCUT2D eigenvalue weighted by atomic mass is 32.2. The first-order chi connectivity index (χ1) is 10.9. The van der Waals surface area contributed by atoms with Crippen LogP contribution in [0.2, 0.25) is 0 Å². The maximum atomic E-state index is 13.0. The van der Waals surface area contributed by atoms with Crippen LogP contribution in [0.25, 0.3) is 0 Å². The van der Waals surface area contributed by atoms with Gasteiger partial charge in [-0.1, -0.05) is 18.2 Å². The Hall–Kier alpha value is -2.61. The van der Waals surface area contributed by atoms with Crippen LogP contribution in [-0.2, 0) is 10.0 Å². The number of rotatable bonds is 2. The summed E-state index contributed by atoms with van der Waals surface area (Å²) >= 11 is 0. The van der Waals surface area contributed by atoms with Gasteiger partial charge < -0.3 is 4.74 Å². The lowest BCUT2D eigenvalue weighted by Crippen LogP contribution is -2.33. The largest absolute Gasteiger partial charge is 0.490 e. The number of ether oxygens (including phenoxy) is 1. The number of nitrogens with zero attached hydrogens (tertiary/aromatic N) is 2. The molecule has 7 nitrogen and oxygen atoms in total. The van der Waals surface area contributed by atoms with Gasteiger partial charge in [0.05, 0.1) is 17.2 Å². The summed E-state index contributed by atoms with van der Waals surface area (Å²) in [7, 11) is -3.95. The van der Waals surface area contributed by atoms with Crippen molar-refractivity contribution in [2.24, 2.45) is 0 Å². The number of hydrogen-bond acceptors (Lipinski definition) is 5. The Labute approximate surface area is 133 Å². The molecule has 2 aromatic rings. The Morgan fingerprint density at radius 1 is 1.22 bits per heavy atom. The highest BCUT2D eigenvalue weighted by Crippen LogP contribution is 2.35. The summed E-state index contributed by atoms with van der Waals surface area (Å²) in [6.07, 6.45) is 0. The van der Waals surface area contributed by atoms with E-state index < -0.39 is 14.9 Å². The number of para-hydroxylation sites is 1. The summed E-state index contributed by atoms with van der Waals surface area (Å²) in [6, 6.07) is 10.7. The minimum Gasteiger partial charge on any atom is -0.490 e. The van der Waals surface area contributed by atoms with Crippen LogP contribution in [0.3, 0.4) is 0 Å². The van der Waals surface area contributed by atoms with Crippen LogP contribution in [-0.4, -0.2) is 26.5 Å².